The molecule has 0 spiro atoms. The van der Waals surface area contributed by atoms with Gasteiger partial charge in [-0.05, 0) is 79.9 Å². The number of unbranched alkanes of at least 4 members (excludes halogenated alkanes) is 1. The van der Waals surface area contributed by atoms with Gasteiger partial charge in [0.2, 0.25) is 0 Å². The Morgan fingerprint density at radius 3 is 2.54 bits per heavy atom. The van der Waals surface area contributed by atoms with Gasteiger partial charge >= 0.3 is 5.97 Å². The minimum absolute atomic E-state index is 0.0388. The fraction of sp³-hybridized carbons (Fsp3) is 0.250. The number of nitrogens with one attached hydrogen (secondary N) is 1. The summed E-state index contributed by atoms with van der Waals surface area (Å²) in [6, 6.07) is 17.9. The van der Waals surface area contributed by atoms with E-state index in [1.165, 1.54) is 47.2 Å². The Labute approximate surface area is 236 Å². The Morgan fingerprint density at radius 2 is 1.82 bits per heavy atom. The van der Waals surface area contributed by atoms with E-state index in [2.05, 4.69) is 22.7 Å². The monoisotopic (exact) mass is 585 g/mol. The summed E-state index contributed by atoms with van der Waals surface area (Å²) in [5.41, 5.74) is 2.36. The molecule has 0 saturated heterocycles. The third kappa shape index (κ3) is 7.14. The van der Waals surface area contributed by atoms with Gasteiger partial charge < -0.3 is 9.30 Å². The van der Waals surface area contributed by atoms with Gasteiger partial charge in [0.25, 0.3) is 15.9 Å². The third-order valence-corrected chi connectivity index (χ3v) is 8.53. The number of amides is 1. The number of aromatic nitrogens is 1. The molecule has 0 fully saturated rings. The van der Waals surface area contributed by atoms with Gasteiger partial charge in [-0.25, -0.2) is 8.42 Å². The van der Waals surface area contributed by atoms with Gasteiger partial charge in [0.15, 0.2) is 4.80 Å². The lowest BCUT2D eigenvalue weighted by molar-refractivity contribution is -0.143. The van der Waals surface area contributed by atoms with Crippen LogP contribution in [0.3, 0.4) is 0 Å². The van der Waals surface area contributed by atoms with Crippen LogP contribution in [-0.2, 0) is 32.5 Å². The van der Waals surface area contributed by atoms with E-state index in [0.29, 0.717) is 9.82 Å². The standard InChI is InChI=1S/C28H28ClN3O5S2/c1-3-5-7-19-10-15-24-25(16-19)38-28(32(24)18-26(33)37-4-2)30-27(34)20-8-6-9-22(17-20)31-39(35,36)23-13-11-21(29)12-14-23/h6,8-17,31H,3-5,7,18H2,1-2H3. The Kier molecular flexibility index (Phi) is 9.21. The number of carbonyl (C=O) groups excluding carboxylic acids is 2. The lowest BCUT2D eigenvalue weighted by Gasteiger charge is -2.09. The number of rotatable bonds is 10. The normalized spacial score (nSPS) is 12.0. The Bertz CT molecular complexity index is 1680. The van der Waals surface area contributed by atoms with E-state index in [9.17, 15) is 18.0 Å². The highest BCUT2D eigenvalue weighted by molar-refractivity contribution is 7.92. The highest BCUT2D eigenvalue weighted by Crippen LogP contribution is 2.22. The van der Waals surface area contributed by atoms with Gasteiger partial charge in [0.05, 0.1) is 21.7 Å². The molecule has 1 heterocycles. The maximum atomic E-state index is 13.2. The summed E-state index contributed by atoms with van der Waals surface area (Å²) in [7, 11) is -3.89. The van der Waals surface area contributed by atoms with Crippen molar-refractivity contribution in [3.8, 4) is 0 Å². The summed E-state index contributed by atoms with van der Waals surface area (Å²) in [4.78, 5) is 30.3. The predicted molar refractivity (Wildman–Crippen MR) is 154 cm³/mol. The summed E-state index contributed by atoms with van der Waals surface area (Å²) in [5, 5.41) is 0.418. The van der Waals surface area contributed by atoms with Gasteiger partial charge in [-0.3, -0.25) is 14.3 Å². The largest absolute Gasteiger partial charge is 0.465 e. The first-order valence-electron chi connectivity index (χ1n) is 12.5. The molecule has 0 aliphatic carbocycles. The number of nitrogens with zero attached hydrogens (tertiary/aromatic N) is 2. The predicted octanol–water partition coefficient (Wildman–Crippen LogP) is 5.80. The molecule has 39 heavy (non-hydrogen) atoms. The van der Waals surface area contributed by atoms with Crippen molar-refractivity contribution in [2.24, 2.45) is 4.99 Å². The zero-order valence-corrected chi connectivity index (χ0v) is 23.9. The molecule has 8 nitrogen and oxygen atoms in total. The van der Waals surface area contributed by atoms with E-state index in [4.69, 9.17) is 16.3 Å². The Morgan fingerprint density at radius 1 is 1.05 bits per heavy atom. The first-order chi connectivity index (χ1) is 18.7. The second kappa shape index (κ2) is 12.6. The Balaban J connectivity index is 1.68. The van der Waals surface area contributed by atoms with Crippen LogP contribution in [0.25, 0.3) is 10.2 Å². The second-order valence-corrected chi connectivity index (χ2v) is 11.9. The van der Waals surface area contributed by atoms with Crippen molar-refractivity contribution in [3.63, 3.8) is 0 Å². The fourth-order valence-electron chi connectivity index (χ4n) is 3.92. The average Bonchev–Trinajstić information content (AvgIpc) is 3.23. The van der Waals surface area contributed by atoms with E-state index >= 15 is 0 Å². The fourth-order valence-corrected chi connectivity index (χ4v) is 6.19. The lowest BCUT2D eigenvalue weighted by atomic mass is 10.1. The first-order valence-corrected chi connectivity index (χ1v) is 15.1. The number of thiazole rings is 1. The molecule has 0 bridgehead atoms. The van der Waals surface area contributed by atoms with Crippen molar-refractivity contribution in [2.75, 3.05) is 11.3 Å². The summed E-state index contributed by atoms with van der Waals surface area (Å²) in [6.45, 7) is 4.02. The Hall–Kier alpha value is -3.47. The van der Waals surface area contributed by atoms with Crippen molar-refractivity contribution in [2.45, 2.75) is 44.6 Å². The van der Waals surface area contributed by atoms with Gasteiger partial charge in [-0.2, -0.15) is 4.99 Å². The number of carbonyl (C=O) groups is 2. The molecule has 4 rings (SSSR count). The zero-order valence-electron chi connectivity index (χ0n) is 21.5. The SMILES string of the molecule is CCCCc1ccc2c(c1)sc(=NC(=O)c1cccc(NS(=O)(=O)c3ccc(Cl)cc3)c1)n2CC(=O)OCC. The molecule has 1 N–H and O–H groups in total. The molecular formula is C28H28ClN3O5S2. The van der Waals surface area contributed by atoms with Crippen LogP contribution >= 0.6 is 22.9 Å². The van der Waals surface area contributed by atoms with Crippen LogP contribution in [-0.4, -0.2) is 31.5 Å². The molecule has 0 radical (unpaired) electrons. The molecule has 0 aliphatic rings. The highest BCUT2D eigenvalue weighted by atomic mass is 35.5. The second-order valence-electron chi connectivity index (χ2n) is 8.74. The quantitative estimate of drug-likeness (QED) is 0.237. The molecule has 0 atom stereocenters. The zero-order chi connectivity index (χ0) is 28.0. The van der Waals surface area contributed by atoms with Crippen molar-refractivity contribution in [1.82, 2.24) is 4.57 Å². The van der Waals surface area contributed by atoms with E-state index < -0.39 is 21.9 Å². The van der Waals surface area contributed by atoms with Crippen LogP contribution < -0.4 is 9.52 Å². The molecular weight excluding hydrogens is 558 g/mol. The van der Waals surface area contributed by atoms with Crippen LogP contribution in [0.4, 0.5) is 5.69 Å². The number of halogens is 1. The van der Waals surface area contributed by atoms with Crippen LogP contribution in [0, 0.1) is 0 Å². The van der Waals surface area contributed by atoms with E-state index in [-0.39, 0.29) is 29.3 Å². The third-order valence-electron chi connectivity index (χ3n) is 5.84. The number of esters is 1. The number of anilines is 1. The number of fused-ring (bicyclic) bond motifs is 1. The van der Waals surface area contributed by atoms with Crippen molar-refractivity contribution >= 4 is 60.7 Å². The summed E-state index contributed by atoms with van der Waals surface area (Å²) >= 11 is 7.18. The van der Waals surface area contributed by atoms with E-state index in [1.54, 1.807) is 29.7 Å². The molecule has 1 aromatic heterocycles. The smallest absolute Gasteiger partial charge is 0.326 e. The van der Waals surface area contributed by atoms with Gasteiger partial charge in [0, 0.05) is 16.3 Å². The summed E-state index contributed by atoms with van der Waals surface area (Å²) in [5.74, 6) is -1.00. The van der Waals surface area contributed by atoms with E-state index in [0.717, 1.165) is 29.5 Å². The lowest BCUT2D eigenvalue weighted by Crippen LogP contribution is -2.23. The summed E-state index contributed by atoms with van der Waals surface area (Å²) < 4.78 is 35.7. The van der Waals surface area contributed by atoms with Crippen molar-refractivity contribution in [1.29, 1.82) is 0 Å². The molecule has 204 valence electrons. The maximum absolute atomic E-state index is 13.2. The number of aryl methyl sites for hydroxylation is 1. The van der Waals surface area contributed by atoms with Crippen LogP contribution in [0.2, 0.25) is 5.02 Å². The van der Waals surface area contributed by atoms with E-state index in [1.807, 2.05) is 12.1 Å². The van der Waals surface area contributed by atoms with Gasteiger partial charge in [0.1, 0.15) is 6.54 Å². The molecule has 4 aromatic rings. The molecule has 0 aliphatic heterocycles. The molecule has 1 amide bonds. The molecule has 0 saturated carbocycles. The van der Waals surface area contributed by atoms with Gasteiger partial charge in [-0.15, -0.1) is 0 Å². The average molecular weight is 586 g/mol. The topological polar surface area (TPSA) is 107 Å². The number of ether oxygens (including phenoxy) is 1. The summed E-state index contributed by atoms with van der Waals surface area (Å²) in [6.07, 6.45) is 3.08. The van der Waals surface area contributed by atoms with Gasteiger partial charge in [-0.1, -0.05) is 48.4 Å². The van der Waals surface area contributed by atoms with Crippen LogP contribution in [0.15, 0.2) is 76.6 Å². The minimum atomic E-state index is -3.89. The van der Waals surface area contributed by atoms with Crippen molar-refractivity contribution < 1.29 is 22.7 Å². The first kappa shape index (κ1) is 28.5. The van der Waals surface area contributed by atoms with Crippen LogP contribution in [0.1, 0.15) is 42.6 Å². The number of benzene rings is 3. The molecule has 3 aromatic carbocycles. The number of sulfonamides is 1. The molecule has 11 heteroatoms. The number of hydrogen-bond donors (Lipinski definition) is 1. The maximum Gasteiger partial charge on any atom is 0.326 e. The highest BCUT2D eigenvalue weighted by Gasteiger charge is 2.16. The minimum Gasteiger partial charge on any atom is -0.465 e. The van der Waals surface area contributed by atoms with Crippen LogP contribution in [0.5, 0.6) is 0 Å². The molecule has 0 unspecified atom stereocenters. The van der Waals surface area contributed by atoms with Crippen molar-refractivity contribution in [3.05, 3.63) is 87.7 Å². The number of hydrogen-bond acceptors (Lipinski definition) is 6.